The van der Waals surface area contributed by atoms with Crippen molar-refractivity contribution in [1.82, 2.24) is 0 Å². The lowest BCUT2D eigenvalue weighted by molar-refractivity contribution is -0.328. The van der Waals surface area contributed by atoms with Crippen LogP contribution < -0.4 is 5.73 Å². The van der Waals surface area contributed by atoms with E-state index in [4.69, 9.17) is 20.3 Å². The number of ether oxygens (including phenoxy) is 2. The van der Waals surface area contributed by atoms with E-state index in [-0.39, 0.29) is 0 Å². The molecule has 2 saturated heterocycles. The van der Waals surface area contributed by atoms with Gasteiger partial charge in [-0.3, -0.25) is 5.73 Å². The number of hydrogen-bond acceptors (Lipinski definition) is 11. The topological polar surface area (TPSA) is 206 Å². The van der Waals surface area contributed by atoms with Gasteiger partial charge in [0.05, 0.1) is 13.2 Å². The van der Waals surface area contributed by atoms with Crippen LogP contribution in [0.2, 0.25) is 0 Å². The van der Waals surface area contributed by atoms with Gasteiger partial charge in [0, 0.05) is 0 Å². The van der Waals surface area contributed by atoms with Gasteiger partial charge in [-0.05, 0) is 0 Å². The lowest BCUT2D eigenvalue weighted by atomic mass is 9.82. The van der Waals surface area contributed by atoms with Crippen LogP contribution in [0.25, 0.3) is 0 Å². The monoisotopic (exact) mass is 341 g/mol. The fourth-order valence-electron chi connectivity index (χ4n) is 2.90. The van der Waals surface area contributed by atoms with Crippen molar-refractivity contribution in [2.45, 2.75) is 60.7 Å². The number of rotatable bonds is 3. The van der Waals surface area contributed by atoms with Crippen molar-refractivity contribution in [1.29, 1.82) is 0 Å². The quantitative estimate of drug-likeness (QED) is 0.221. The summed E-state index contributed by atoms with van der Waals surface area (Å²) < 4.78 is 10.5. The van der Waals surface area contributed by atoms with Crippen LogP contribution in [0.3, 0.4) is 0 Å². The van der Waals surface area contributed by atoms with Crippen LogP contribution in [-0.4, -0.2) is 115 Å². The molecule has 136 valence electrons. The highest BCUT2D eigenvalue weighted by molar-refractivity contribution is 5.07. The first kappa shape index (κ1) is 18.9. The Hall–Kier alpha value is -0.440. The predicted molar refractivity (Wildman–Crippen MR) is 70.7 cm³/mol. The summed E-state index contributed by atoms with van der Waals surface area (Å²) >= 11 is 0. The molecule has 0 bridgehead atoms. The van der Waals surface area contributed by atoms with Gasteiger partial charge in [-0.2, -0.15) is 0 Å². The van der Waals surface area contributed by atoms with Gasteiger partial charge in [-0.15, -0.1) is 0 Å². The molecule has 0 spiro atoms. The summed E-state index contributed by atoms with van der Waals surface area (Å²) in [7, 11) is 0. The molecule has 2 rings (SSSR count). The summed E-state index contributed by atoms with van der Waals surface area (Å²) in [5.74, 6) is 0. The third kappa shape index (κ3) is 3.10. The second-order valence-corrected chi connectivity index (χ2v) is 5.89. The number of aliphatic hydroxyl groups is 8. The fourth-order valence-corrected chi connectivity index (χ4v) is 2.90. The lowest BCUT2D eigenvalue weighted by Gasteiger charge is -2.51. The Morgan fingerprint density at radius 3 is 1.83 bits per heavy atom. The molecule has 0 radical (unpaired) electrons. The summed E-state index contributed by atoms with van der Waals surface area (Å²) in [5, 5.41) is 77.8. The molecular weight excluding hydrogens is 318 g/mol. The highest BCUT2D eigenvalue weighted by Crippen LogP contribution is 2.34. The minimum absolute atomic E-state index is 0.703. The molecule has 11 nitrogen and oxygen atoms in total. The maximum Gasteiger partial charge on any atom is 0.171 e. The van der Waals surface area contributed by atoms with Crippen molar-refractivity contribution in [3.05, 3.63) is 0 Å². The molecule has 2 aliphatic rings. The molecule has 11 heteroatoms. The van der Waals surface area contributed by atoms with E-state index >= 15 is 0 Å². The number of nitrogens with two attached hydrogens (primary N) is 1. The Balaban J connectivity index is 2.30. The summed E-state index contributed by atoms with van der Waals surface area (Å²) in [4.78, 5) is 0. The van der Waals surface area contributed by atoms with Crippen LogP contribution in [0, 0.1) is 0 Å². The SMILES string of the molecule is N[C@]1(O)C([C@H]2O[C@H](CO)[C@@H](O)[C@H](O)[C@H]2O)O[C@H](CO)[C@@H](O)[C@@H]1O. The Bertz CT molecular complexity index is 407. The molecule has 23 heavy (non-hydrogen) atoms. The van der Waals surface area contributed by atoms with Crippen molar-refractivity contribution in [2.75, 3.05) is 13.2 Å². The summed E-state index contributed by atoms with van der Waals surface area (Å²) in [6, 6.07) is 0. The first-order valence-corrected chi connectivity index (χ1v) is 7.11. The van der Waals surface area contributed by atoms with Crippen molar-refractivity contribution >= 4 is 0 Å². The van der Waals surface area contributed by atoms with Crippen LogP contribution in [0.1, 0.15) is 0 Å². The zero-order valence-corrected chi connectivity index (χ0v) is 12.1. The van der Waals surface area contributed by atoms with Crippen molar-refractivity contribution < 1.29 is 50.3 Å². The molecule has 0 aliphatic carbocycles. The van der Waals surface area contributed by atoms with Gasteiger partial charge < -0.3 is 50.3 Å². The molecule has 0 aromatic rings. The average molecular weight is 341 g/mol. The van der Waals surface area contributed by atoms with Gasteiger partial charge in [-0.25, -0.2) is 0 Å². The van der Waals surface area contributed by atoms with E-state index < -0.39 is 73.9 Å². The molecule has 0 aromatic carbocycles. The Morgan fingerprint density at radius 1 is 0.783 bits per heavy atom. The van der Waals surface area contributed by atoms with E-state index in [2.05, 4.69) is 0 Å². The van der Waals surface area contributed by atoms with Crippen LogP contribution in [-0.2, 0) is 9.47 Å². The molecule has 0 amide bonds. The smallest absolute Gasteiger partial charge is 0.171 e. The minimum Gasteiger partial charge on any atom is -0.394 e. The zero-order valence-electron chi connectivity index (χ0n) is 12.1. The Kier molecular flexibility index (Phi) is 5.60. The predicted octanol–water partition coefficient (Wildman–Crippen LogP) is -6.04. The van der Waals surface area contributed by atoms with Gasteiger partial charge in [0.1, 0.15) is 54.9 Å². The molecular formula is C12H23NO10. The molecule has 2 fully saturated rings. The standard InChI is InChI=1S/C12H23NO10/c13-12(21)10(20)6(17)4(2-15)23-11(12)9-8(19)7(18)5(16)3(1-14)22-9/h3-11,14-21H,1-2,13H2/t3-,4-,5-,6-,7+,8-,9+,10+,11?,12-/m1/s1. The minimum atomic E-state index is -2.58. The lowest BCUT2D eigenvalue weighted by Crippen LogP contribution is -2.76. The largest absolute Gasteiger partial charge is 0.394 e. The number of aliphatic hydroxyl groups excluding tert-OH is 7. The highest BCUT2D eigenvalue weighted by Gasteiger charge is 2.59. The maximum absolute atomic E-state index is 10.2. The van der Waals surface area contributed by atoms with E-state index in [9.17, 15) is 35.7 Å². The first-order valence-electron chi connectivity index (χ1n) is 7.11. The zero-order chi connectivity index (χ0) is 17.5. The normalized spacial score (nSPS) is 54.9. The molecule has 0 saturated carbocycles. The molecule has 2 heterocycles. The second kappa shape index (κ2) is 6.82. The van der Waals surface area contributed by atoms with Crippen molar-refractivity contribution in [3.8, 4) is 0 Å². The summed E-state index contributed by atoms with van der Waals surface area (Å²) in [6.45, 7) is -1.42. The molecule has 0 aromatic heterocycles. The average Bonchev–Trinajstić information content (AvgIpc) is 2.52. The first-order chi connectivity index (χ1) is 10.7. The van der Waals surface area contributed by atoms with Crippen LogP contribution in [0.5, 0.6) is 0 Å². The van der Waals surface area contributed by atoms with E-state index in [1.807, 2.05) is 0 Å². The molecule has 2 aliphatic heterocycles. The third-order valence-corrected chi connectivity index (χ3v) is 4.36. The van der Waals surface area contributed by atoms with E-state index in [1.165, 1.54) is 0 Å². The van der Waals surface area contributed by atoms with Gasteiger partial charge >= 0.3 is 0 Å². The van der Waals surface area contributed by atoms with Gasteiger partial charge in [0.2, 0.25) is 0 Å². The van der Waals surface area contributed by atoms with E-state index in [0.717, 1.165) is 0 Å². The fraction of sp³-hybridized carbons (Fsp3) is 1.00. The highest BCUT2D eigenvalue weighted by atomic mass is 16.6. The maximum atomic E-state index is 10.2. The third-order valence-electron chi connectivity index (χ3n) is 4.36. The van der Waals surface area contributed by atoms with Crippen LogP contribution in [0.4, 0.5) is 0 Å². The molecule has 10 atom stereocenters. The van der Waals surface area contributed by atoms with Crippen LogP contribution >= 0.6 is 0 Å². The van der Waals surface area contributed by atoms with Crippen molar-refractivity contribution in [3.63, 3.8) is 0 Å². The molecule has 10 N–H and O–H groups in total. The Morgan fingerprint density at radius 2 is 1.30 bits per heavy atom. The van der Waals surface area contributed by atoms with E-state index in [1.54, 1.807) is 0 Å². The molecule has 1 unspecified atom stereocenters. The van der Waals surface area contributed by atoms with E-state index in [0.29, 0.717) is 0 Å². The van der Waals surface area contributed by atoms with Gasteiger partial charge in [0.15, 0.2) is 5.72 Å². The van der Waals surface area contributed by atoms with Crippen LogP contribution in [0.15, 0.2) is 0 Å². The number of hydrogen-bond donors (Lipinski definition) is 9. The Labute approximate surface area is 131 Å². The summed E-state index contributed by atoms with van der Waals surface area (Å²) in [5.41, 5.74) is 2.99. The summed E-state index contributed by atoms with van der Waals surface area (Å²) in [6.07, 6.45) is -14.6. The van der Waals surface area contributed by atoms with Gasteiger partial charge in [-0.1, -0.05) is 0 Å². The second-order valence-electron chi connectivity index (χ2n) is 5.89. The van der Waals surface area contributed by atoms with Gasteiger partial charge in [0.25, 0.3) is 0 Å². The van der Waals surface area contributed by atoms with Crippen molar-refractivity contribution in [2.24, 2.45) is 5.73 Å².